The Morgan fingerprint density at radius 2 is 2.33 bits per heavy atom. The minimum Gasteiger partial charge on any atom is -0.375 e. The van der Waals surface area contributed by atoms with E-state index in [0.29, 0.717) is 12.6 Å². The molecule has 1 saturated carbocycles. The van der Waals surface area contributed by atoms with Gasteiger partial charge in [-0.1, -0.05) is 0 Å². The van der Waals surface area contributed by atoms with Crippen molar-refractivity contribution in [2.75, 3.05) is 6.61 Å². The Balaban J connectivity index is 2.06. The zero-order valence-electron chi connectivity index (χ0n) is 8.57. The first kappa shape index (κ1) is 8.93. The molecule has 4 nitrogen and oxygen atoms in total. The van der Waals surface area contributed by atoms with Gasteiger partial charge in [0, 0.05) is 12.0 Å². The van der Waals surface area contributed by atoms with Crippen LogP contribution in [-0.2, 0) is 17.8 Å². The normalized spacial score (nSPS) is 20.5. The second-order valence-electron chi connectivity index (χ2n) is 4.22. The summed E-state index contributed by atoms with van der Waals surface area (Å²) in [6.45, 7) is 1.29. The summed E-state index contributed by atoms with van der Waals surface area (Å²) >= 11 is 0. The van der Waals surface area contributed by atoms with Crippen molar-refractivity contribution in [1.82, 2.24) is 9.78 Å². The van der Waals surface area contributed by atoms with Crippen LogP contribution in [0, 0.1) is 11.3 Å². The van der Waals surface area contributed by atoms with Gasteiger partial charge in [-0.05, 0) is 19.3 Å². The lowest BCUT2D eigenvalue weighted by Crippen LogP contribution is -2.19. The average molecular weight is 203 g/mol. The molecule has 0 amide bonds. The van der Waals surface area contributed by atoms with Crippen LogP contribution in [0.1, 0.15) is 42.3 Å². The highest BCUT2D eigenvalue weighted by Gasteiger charge is 2.27. The molecule has 0 saturated heterocycles. The molecule has 78 valence electrons. The van der Waals surface area contributed by atoms with E-state index in [1.165, 1.54) is 6.42 Å². The van der Waals surface area contributed by atoms with Gasteiger partial charge in [0.25, 0.3) is 0 Å². The van der Waals surface area contributed by atoms with Gasteiger partial charge in [0.2, 0.25) is 0 Å². The summed E-state index contributed by atoms with van der Waals surface area (Å²) in [5.41, 5.74) is 2.87. The van der Waals surface area contributed by atoms with E-state index in [1.54, 1.807) is 0 Å². The number of hydrogen-bond donors (Lipinski definition) is 0. The number of fused-ring (bicyclic) bond motifs is 1. The third-order valence-electron chi connectivity index (χ3n) is 3.35. The Kier molecular flexibility index (Phi) is 2.00. The minimum atomic E-state index is 0.463. The van der Waals surface area contributed by atoms with Crippen LogP contribution in [0.4, 0.5) is 0 Å². The van der Waals surface area contributed by atoms with Crippen LogP contribution < -0.4 is 0 Å². The van der Waals surface area contributed by atoms with E-state index in [1.807, 2.05) is 4.68 Å². The monoisotopic (exact) mass is 203 g/mol. The zero-order valence-corrected chi connectivity index (χ0v) is 8.57. The summed E-state index contributed by atoms with van der Waals surface area (Å²) in [6, 6.07) is 2.76. The van der Waals surface area contributed by atoms with Crippen molar-refractivity contribution in [2.45, 2.75) is 38.3 Å². The Labute approximate surface area is 88.5 Å². The summed E-state index contributed by atoms with van der Waals surface area (Å²) in [4.78, 5) is 0. The molecule has 0 aromatic carbocycles. The van der Waals surface area contributed by atoms with Crippen molar-refractivity contribution in [1.29, 1.82) is 5.26 Å². The Morgan fingerprint density at radius 1 is 1.47 bits per heavy atom. The maximum absolute atomic E-state index is 9.18. The smallest absolute Gasteiger partial charge is 0.142 e. The van der Waals surface area contributed by atoms with Crippen molar-refractivity contribution in [3.63, 3.8) is 0 Å². The van der Waals surface area contributed by atoms with Gasteiger partial charge in [-0.25, -0.2) is 0 Å². The molecule has 1 aromatic rings. The van der Waals surface area contributed by atoms with Crippen molar-refractivity contribution in [3.05, 3.63) is 17.0 Å². The van der Waals surface area contributed by atoms with Crippen LogP contribution in [0.15, 0.2) is 0 Å². The molecule has 0 spiro atoms. The van der Waals surface area contributed by atoms with Gasteiger partial charge in [0.15, 0.2) is 0 Å². The standard InChI is InChI=1S/C11H13N3O/c12-6-11-9-4-5-15-7-10(9)13-14(11)8-2-1-3-8/h8H,1-5,7H2. The number of ether oxygens (including phenoxy) is 1. The molecule has 1 fully saturated rings. The second-order valence-corrected chi connectivity index (χ2v) is 4.22. The van der Waals surface area contributed by atoms with E-state index in [-0.39, 0.29) is 0 Å². The lowest BCUT2D eigenvalue weighted by molar-refractivity contribution is 0.107. The lowest BCUT2D eigenvalue weighted by atomic mass is 9.93. The predicted octanol–water partition coefficient (Wildman–Crippen LogP) is 1.55. The van der Waals surface area contributed by atoms with Gasteiger partial charge >= 0.3 is 0 Å². The molecule has 0 radical (unpaired) electrons. The number of nitriles is 1. The zero-order chi connectivity index (χ0) is 10.3. The van der Waals surface area contributed by atoms with Crippen LogP contribution in [0.3, 0.4) is 0 Å². The molecule has 15 heavy (non-hydrogen) atoms. The van der Waals surface area contributed by atoms with Crippen molar-refractivity contribution < 1.29 is 4.74 Å². The van der Waals surface area contributed by atoms with E-state index in [9.17, 15) is 5.26 Å². The van der Waals surface area contributed by atoms with Gasteiger partial charge in [-0.2, -0.15) is 10.4 Å². The Hall–Kier alpha value is -1.34. The van der Waals surface area contributed by atoms with Crippen molar-refractivity contribution in [2.24, 2.45) is 0 Å². The fourth-order valence-electron chi connectivity index (χ4n) is 2.25. The second kappa shape index (κ2) is 3.35. The highest BCUT2D eigenvalue weighted by atomic mass is 16.5. The number of nitrogens with zero attached hydrogens (tertiary/aromatic N) is 3. The van der Waals surface area contributed by atoms with Crippen LogP contribution in [-0.4, -0.2) is 16.4 Å². The fraction of sp³-hybridized carbons (Fsp3) is 0.636. The predicted molar refractivity (Wildman–Crippen MR) is 53.2 cm³/mol. The molecule has 0 N–H and O–H groups in total. The van der Waals surface area contributed by atoms with Gasteiger partial charge in [-0.3, -0.25) is 4.68 Å². The maximum atomic E-state index is 9.18. The Bertz CT molecular complexity index is 426. The van der Waals surface area contributed by atoms with Crippen LogP contribution >= 0.6 is 0 Å². The third kappa shape index (κ3) is 1.27. The van der Waals surface area contributed by atoms with E-state index >= 15 is 0 Å². The summed E-state index contributed by atoms with van der Waals surface area (Å²) < 4.78 is 7.29. The topological polar surface area (TPSA) is 50.8 Å². The molecule has 0 atom stereocenters. The highest BCUT2D eigenvalue weighted by molar-refractivity contribution is 5.37. The van der Waals surface area contributed by atoms with Gasteiger partial charge < -0.3 is 4.74 Å². The summed E-state index contributed by atoms with van der Waals surface area (Å²) in [5, 5.41) is 13.7. The number of hydrogen-bond acceptors (Lipinski definition) is 3. The maximum Gasteiger partial charge on any atom is 0.142 e. The van der Waals surface area contributed by atoms with E-state index < -0.39 is 0 Å². The molecule has 4 heteroatoms. The Morgan fingerprint density at radius 3 is 3.00 bits per heavy atom. The SMILES string of the molecule is N#Cc1c2c(nn1C1CCC1)COCC2. The van der Waals surface area contributed by atoms with Crippen LogP contribution in [0.5, 0.6) is 0 Å². The molecule has 1 aliphatic carbocycles. The highest BCUT2D eigenvalue weighted by Crippen LogP contribution is 2.34. The molecule has 1 aromatic heterocycles. The van der Waals surface area contributed by atoms with Gasteiger partial charge in [0.05, 0.1) is 24.9 Å². The summed E-state index contributed by atoms with van der Waals surface area (Å²) in [5.74, 6) is 0. The fourth-order valence-corrected chi connectivity index (χ4v) is 2.25. The first-order valence-electron chi connectivity index (χ1n) is 5.48. The number of rotatable bonds is 1. The van der Waals surface area contributed by atoms with Crippen molar-refractivity contribution in [3.8, 4) is 6.07 Å². The van der Waals surface area contributed by atoms with Crippen LogP contribution in [0.25, 0.3) is 0 Å². The molecule has 1 aliphatic heterocycles. The molecule has 0 bridgehead atoms. The molecule has 2 aliphatic rings. The van der Waals surface area contributed by atoms with E-state index in [0.717, 1.165) is 42.8 Å². The molecule has 0 unspecified atom stereocenters. The molecular formula is C11H13N3O. The molecule has 3 rings (SSSR count). The van der Waals surface area contributed by atoms with Gasteiger partial charge in [0.1, 0.15) is 11.8 Å². The van der Waals surface area contributed by atoms with Crippen molar-refractivity contribution >= 4 is 0 Å². The largest absolute Gasteiger partial charge is 0.375 e. The minimum absolute atomic E-state index is 0.463. The molecular weight excluding hydrogens is 190 g/mol. The summed E-state index contributed by atoms with van der Waals surface area (Å²) in [6.07, 6.45) is 4.42. The first-order valence-corrected chi connectivity index (χ1v) is 5.48. The quantitative estimate of drug-likeness (QED) is 0.695. The van der Waals surface area contributed by atoms with E-state index in [2.05, 4.69) is 11.2 Å². The van der Waals surface area contributed by atoms with Crippen LogP contribution in [0.2, 0.25) is 0 Å². The molecule has 2 heterocycles. The van der Waals surface area contributed by atoms with E-state index in [4.69, 9.17) is 4.74 Å². The van der Waals surface area contributed by atoms with Gasteiger partial charge in [-0.15, -0.1) is 0 Å². The average Bonchev–Trinajstić information content (AvgIpc) is 2.53. The number of aromatic nitrogens is 2. The lowest BCUT2D eigenvalue weighted by Gasteiger charge is -2.26. The first-order chi connectivity index (χ1) is 7.40. The third-order valence-corrected chi connectivity index (χ3v) is 3.35. The summed E-state index contributed by atoms with van der Waals surface area (Å²) in [7, 11) is 0.